The number of nitrogens with one attached hydrogen (secondary N) is 1. The van der Waals surface area contributed by atoms with Crippen LogP contribution in [0.15, 0.2) is 28.9 Å². The number of benzene rings is 1. The third kappa shape index (κ3) is 2.31. The standard InChI is InChI=1S/C11H13BrN4/c1-8-3-4-9(12)5-11(8)16-7-10(6-13-2)14-15-16/h3-5,7,13H,6H2,1-2H3. The first-order valence-corrected chi connectivity index (χ1v) is 5.82. The highest BCUT2D eigenvalue weighted by atomic mass is 79.9. The molecule has 0 spiro atoms. The van der Waals surface area contributed by atoms with Crippen molar-refractivity contribution in [1.29, 1.82) is 0 Å². The fourth-order valence-corrected chi connectivity index (χ4v) is 1.86. The molecule has 0 aliphatic rings. The summed E-state index contributed by atoms with van der Waals surface area (Å²) in [5, 5.41) is 11.3. The second kappa shape index (κ2) is 4.76. The number of nitrogens with zero attached hydrogens (tertiary/aromatic N) is 3. The lowest BCUT2D eigenvalue weighted by molar-refractivity contribution is 0.765. The maximum absolute atomic E-state index is 4.11. The van der Waals surface area contributed by atoms with Gasteiger partial charge in [-0.05, 0) is 31.7 Å². The Bertz CT molecular complexity index is 492. The Morgan fingerprint density at radius 2 is 2.25 bits per heavy atom. The van der Waals surface area contributed by atoms with E-state index in [-0.39, 0.29) is 0 Å². The van der Waals surface area contributed by atoms with Gasteiger partial charge in [0.2, 0.25) is 0 Å². The molecule has 0 fully saturated rings. The summed E-state index contributed by atoms with van der Waals surface area (Å²) in [7, 11) is 1.89. The maximum Gasteiger partial charge on any atom is 0.0969 e. The second-order valence-corrected chi connectivity index (χ2v) is 4.53. The third-order valence-electron chi connectivity index (χ3n) is 2.32. The van der Waals surface area contributed by atoms with Crippen LogP contribution >= 0.6 is 15.9 Å². The van der Waals surface area contributed by atoms with Gasteiger partial charge in [-0.15, -0.1) is 5.10 Å². The van der Waals surface area contributed by atoms with Crippen molar-refractivity contribution >= 4 is 15.9 Å². The molecular weight excluding hydrogens is 268 g/mol. The summed E-state index contributed by atoms with van der Waals surface area (Å²) in [4.78, 5) is 0. The molecule has 0 amide bonds. The molecule has 4 nitrogen and oxygen atoms in total. The minimum Gasteiger partial charge on any atom is -0.314 e. The largest absolute Gasteiger partial charge is 0.314 e. The number of rotatable bonds is 3. The molecule has 0 atom stereocenters. The lowest BCUT2D eigenvalue weighted by Crippen LogP contribution is -2.05. The normalized spacial score (nSPS) is 10.7. The Kier molecular flexibility index (Phi) is 3.36. The summed E-state index contributed by atoms with van der Waals surface area (Å²) in [5.41, 5.74) is 3.15. The zero-order valence-corrected chi connectivity index (χ0v) is 10.8. The highest BCUT2D eigenvalue weighted by molar-refractivity contribution is 9.10. The fraction of sp³-hybridized carbons (Fsp3) is 0.273. The Balaban J connectivity index is 2.38. The van der Waals surface area contributed by atoms with E-state index in [1.54, 1.807) is 4.68 Å². The molecule has 0 saturated heterocycles. The summed E-state index contributed by atoms with van der Waals surface area (Å²) < 4.78 is 2.84. The molecule has 0 unspecified atom stereocenters. The first-order chi connectivity index (χ1) is 7.70. The van der Waals surface area contributed by atoms with E-state index in [0.29, 0.717) is 0 Å². The molecule has 84 valence electrons. The molecule has 0 saturated carbocycles. The Labute approximate surface area is 103 Å². The van der Waals surface area contributed by atoms with Gasteiger partial charge in [-0.3, -0.25) is 0 Å². The van der Waals surface area contributed by atoms with Crippen LogP contribution in [-0.2, 0) is 6.54 Å². The van der Waals surface area contributed by atoms with Gasteiger partial charge in [-0.1, -0.05) is 27.2 Å². The van der Waals surface area contributed by atoms with Gasteiger partial charge < -0.3 is 5.32 Å². The first-order valence-electron chi connectivity index (χ1n) is 5.03. The number of hydrogen-bond acceptors (Lipinski definition) is 3. The van der Waals surface area contributed by atoms with Crippen LogP contribution in [0.3, 0.4) is 0 Å². The van der Waals surface area contributed by atoms with Crippen LogP contribution in [0.1, 0.15) is 11.3 Å². The number of aryl methyl sites for hydroxylation is 1. The molecule has 0 radical (unpaired) electrons. The molecule has 16 heavy (non-hydrogen) atoms. The predicted octanol–water partition coefficient (Wildman–Crippen LogP) is 2.06. The van der Waals surface area contributed by atoms with Crippen molar-refractivity contribution in [3.63, 3.8) is 0 Å². The SMILES string of the molecule is CNCc1cn(-c2cc(Br)ccc2C)nn1. The monoisotopic (exact) mass is 280 g/mol. The predicted molar refractivity (Wildman–Crippen MR) is 66.6 cm³/mol. The Hall–Kier alpha value is -1.20. The van der Waals surface area contributed by atoms with Crippen molar-refractivity contribution in [3.8, 4) is 5.69 Å². The molecule has 2 rings (SSSR count). The van der Waals surface area contributed by atoms with Crippen molar-refractivity contribution in [3.05, 3.63) is 40.1 Å². The summed E-state index contributed by atoms with van der Waals surface area (Å²) in [6.45, 7) is 2.79. The zero-order chi connectivity index (χ0) is 11.5. The van der Waals surface area contributed by atoms with Crippen LogP contribution in [0.2, 0.25) is 0 Å². The van der Waals surface area contributed by atoms with E-state index >= 15 is 0 Å². The molecule has 5 heteroatoms. The molecule has 0 aliphatic heterocycles. The number of aromatic nitrogens is 3. The van der Waals surface area contributed by atoms with Crippen LogP contribution in [0.25, 0.3) is 5.69 Å². The minimum atomic E-state index is 0.729. The van der Waals surface area contributed by atoms with E-state index in [2.05, 4.69) is 44.5 Å². The molecular formula is C11H13BrN4. The highest BCUT2D eigenvalue weighted by Crippen LogP contribution is 2.19. The smallest absolute Gasteiger partial charge is 0.0969 e. The van der Waals surface area contributed by atoms with Crippen LogP contribution in [0.5, 0.6) is 0 Å². The molecule has 2 aromatic rings. The minimum absolute atomic E-state index is 0.729. The van der Waals surface area contributed by atoms with Crippen molar-refractivity contribution in [2.24, 2.45) is 0 Å². The summed E-state index contributed by atoms with van der Waals surface area (Å²) in [5.74, 6) is 0. The second-order valence-electron chi connectivity index (χ2n) is 3.62. The Morgan fingerprint density at radius 3 is 3.00 bits per heavy atom. The summed E-state index contributed by atoms with van der Waals surface area (Å²) in [6, 6.07) is 6.11. The first kappa shape index (κ1) is 11.3. The molecule has 1 N–H and O–H groups in total. The number of halogens is 1. The van der Waals surface area contributed by atoms with Gasteiger partial charge in [0.05, 0.1) is 17.6 Å². The zero-order valence-electron chi connectivity index (χ0n) is 9.24. The maximum atomic E-state index is 4.11. The fourth-order valence-electron chi connectivity index (χ4n) is 1.51. The molecule has 1 aromatic carbocycles. The molecule has 0 bridgehead atoms. The van der Waals surface area contributed by atoms with E-state index < -0.39 is 0 Å². The van der Waals surface area contributed by atoms with Crippen molar-refractivity contribution in [2.45, 2.75) is 13.5 Å². The van der Waals surface area contributed by atoms with Crippen molar-refractivity contribution in [1.82, 2.24) is 20.3 Å². The average molecular weight is 281 g/mol. The lowest BCUT2D eigenvalue weighted by atomic mass is 10.2. The molecule has 1 heterocycles. The summed E-state index contributed by atoms with van der Waals surface area (Å²) in [6.07, 6.45) is 1.94. The van der Waals surface area contributed by atoms with Gasteiger partial charge in [0.15, 0.2) is 0 Å². The van der Waals surface area contributed by atoms with Gasteiger partial charge in [0.1, 0.15) is 0 Å². The molecule has 1 aromatic heterocycles. The van der Waals surface area contributed by atoms with Gasteiger partial charge in [-0.25, -0.2) is 4.68 Å². The van der Waals surface area contributed by atoms with Gasteiger partial charge >= 0.3 is 0 Å². The van der Waals surface area contributed by atoms with Crippen molar-refractivity contribution in [2.75, 3.05) is 7.05 Å². The quantitative estimate of drug-likeness (QED) is 0.936. The topological polar surface area (TPSA) is 42.7 Å². The third-order valence-corrected chi connectivity index (χ3v) is 2.81. The van der Waals surface area contributed by atoms with Gasteiger partial charge in [-0.2, -0.15) is 0 Å². The average Bonchev–Trinajstić information content (AvgIpc) is 2.71. The van der Waals surface area contributed by atoms with E-state index in [1.165, 1.54) is 5.56 Å². The number of hydrogen-bond donors (Lipinski definition) is 1. The van der Waals surface area contributed by atoms with Gasteiger partial charge in [0, 0.05) is 11.0 Å². The van der Waals surface area contributed by atoms with Crippen LogP contribution in [0.4, 0.5) is 0 Å². The van der Waals surface area contributed by atoms with Crippen LogP contribution in [-0.4, -0.2) is 22.0 Å². The lowest BCUT2D eigenvalue weighted by Gasteiger charge is -2.04. The van der Waals surface area contributed by atoms with Gasteiger partial charge in [0.25, 0.3) is 0 Å². The van der Waals surface area contributed by atoms with Crippen molar-refractivity contribution < 1.29 is 0 Å². The van der Waals surface area contributed by atoms with E-state index in [1.807, 2.05) is 25.4 Å². The van der Waals surface area contributed by atoms with E-state index in [4.69, 9.17) is 0 Å². The highest BCUT2D eigenvalue weighted by Gasteiger charge is 2.05. The molecule has 0 aliphatic carbocycles. The summed E-state index contributed by atoms with van der Waals surface area (Å²) >= 11 is 3.46. The van der Waals surface area contributed by atoms with E-state index in [9.17, 15) is 0 Å². The van der Waals surface area contributed by atoms with Crippen LogP contribution in [0, 0.1) is 6.92 Å². The van der Waals surface area contributed by atoms with Crippen LogP contribution < -0.4 is 5.32 Å². The Morgan fingerprint density at radius 1 is 1.44 bits per heavy atom. The van der Waals surface area contributed by atoms with E-state index in [0.717, 1.165) is 22.4 Å².